The van der Waals surface area contributed by atoms with E-state index < -0.39 is 0 Å². The van der Waals surface area contributed by atoms with Crippen LogP contribution in [0.4, 0.5) is 5.69 Å². The average Bonchev–Trinajstić information content (AvgIpc) is 3.25. The van der Waals surface area contributed by atoms with Crippen molar-refractivity contribution in [1.29, 1.82) is 0 Å². The Morgan fingerprint density at radius 2 is 1.63 bits per heavy atom. The highest BCUT2D eigenvalue weighted by molar-refractivity contribution is 7.10. The molecule has 3 aromatic carbocycles. The Kier molecular flexibility index (Phi) is 5.17. The van der Waals surface area contributed by atoms with Crippen LogP contribution in [0.2, 0.25) is 0 Å². The van der Waals surface area contributed by atoms with Gasteiger partial charge in [-0.3, -0.25) is 4.79 Å². The maximum absolute atomic E-state index is 12.7. The molecule has 4 rings (SSSR count). The molecule has 1 aromatic heterocycles. The van der Waals surface area contributed by atoms with Crippen LogP contribution in [0.1, 0.15) is 16.5 Å². The summed E-state index contributed by atoms with van der Waals surface area (Å²) in [7, 11) is 0. The van der Waals surface area contributed by atoms with Crippen molar-refractivity contribution >= 4 is 33.7 Å². The van der Waals surface area contributed by atoms with Crippen LogP contribution in [-0.2, 0) is 4.79 Å². The molecule has 0 saturated heterocycles. The van der Waals surface area contributed by atoms with Gasteiger partial charge in [0.15, 0.2) is 0 Å². The summed E-state index contributed by atoms with van der Waals surface area (Å²) in [5, 5.41) is 10.7. The first kappa shape index (κ1) is 17.3. The number of rotatable bonds is 6. The maximum Gasteiger partial charge on any atom is 0.240 e. The molecule has 0 bridgehead atoms. The number of hydrogen-bond acceptors (Lipinski definition) is 3. The van der Waals surface area contributed by atoms with Gasteiger partial charge in [-0.15, -0.1) is 11.3 Å². The smallest absolute Gasteiger partial charge is 0.240 e. The summed E-state index contributed by atoms with van der Waals surface area (Å²) < 4.78 is 0. The molecule has 1 atom stereocenters. The van der Waals surface area contributed by atoms with E-state index in [0.29, 0.717) is 0 Å². The zero-order chi connectivity index (χ0) is 18.5. The molecule has 1 unspecified atom stereocenters. The van der Waals surface area contributed by atoms with E-state index in [9.17, 15) is 4.79 Å². The fourth-order valence-corrected chi connectivity index (χ4v) is 3.99. The minimum absolute atomic E-state index is 0.0369. The number of anilines is 1. The van der Waals surface area contributed by atoms with Gasteiger partial charge < -0.3 is 10.6 Å². The first-order valence-electron chi connectivity index (χ1n) is 8.90. The highest BCUT2D eigenvalue weighted by atomic mass is 32.1. The third-order valence-electron chi connectivity index (χ3n) is 4.49. The Hall–Kier alpha value is -3.11. The Balaban J connectivity index is 1.49. The molecule has 0 aliphatic carbocycles. The molecule has 0 aliphatic heterocycles. The van der Waals surface area contributed by atoms with E-state index >= 15 is 0 Å². The quantitative estimate of drug-likeness (QED) is 0.487. The van der Waals surface area contributed by atoms with Gasteiger partial charge in [-0.25, -0.2) is 0 Å². The standard InChI is InChI=1S/C23H20N2OS/c26-22(16-24-20-13-6-11-17-8-4-5-12-19(17)20)25-23(21-14-7-15-27-21)18-9-2-1-3-10-18/h1-15,23-24H,16H2,(H,25,26). The molecular formula is C23H20N2OS. The highest BCUT2D eigenvalue weighted by Crippen LogP contribution is 2.26. The third kappa shape index (κ3) is 4.01. The zero-order valence-electron chi connectivity index (χ0n) is 14.8. The van der Waals surface area contributed by atoms with Crippen LogP contribution in [0.5, 0.6) is 0 Å². The van der Waals surface area contributed by atoms with Gasteiger partial charge in [-0.2, -0.15) is 0 Å². The highest BCUT2D eigenvalue weighted by Gasteiger charge is 2.17. The summed E-state index contributed by atoms with van der Waals surface area (Å²) in [6.07, 6.45) is 0. The average molecular weight is 372 g/mol. The van der Waals surface area contributed by atoms with E-state index in [2.05, 4.69) is 34.9 Å². The summed E-state index contributed by atoms with van der Waals surface area (Å²) in [6.45, 7) is 0.225. The minimum atomic E-state index is -0.131. The first-order valence-corrected chi connectivity index (χ1v) is 9.78. The summed E-state index contributed by atoms with van der Waals surface area (Å²) >= 11 is 1.65. The normalized spacial score (nSPS) is 11.9. The van der Waals surface area contributed by atoms with E-state index in [1.54, 1.807) is 11.3 Å². The lowest BCUT2D eigenvalue weighted by atomic mass is 10.1. The topological polar surface area (TPSA) is 41.1 Å². The van der Waals surface area contributed by atoms with Gasteiger partial charge >= 0.3 is 0 Å². The van der Waals surface area contributed by atoms with Crippen molar-refractivity contribution < 1.29 is 4.79 Å². The van der Waals surface area contributed by atoms with Gasteiger partial charge in [0.2, 0.25) is 5.91 Å². The fourth-order valence-electron chi connectivity index (χ4n) is 3.19. The summed E-state index contributed by atoms with van der Waals surface area (Å²) in [5.74, 6) is -0.0369. The molecule has 0 saturated carbocycles. The summed E-state index contributed by atoms with van der Waals surface area (Å²) in [6, 6.07) is 28.2. The number of carbonyl (C=O) groups excluding carboxylic acids is 1. The van der Waals surface area contributed by atoms with E-state index in [-0.39, 0.29) is 18.5 Å². The molecule has 1 amide bonds. The molecule has 2 N–H and O–H groups in total. The van der Waals surface area contributed by atoms with Crippen molar-refractivity contribution in [3.63, 3.8) is 0 Å². The van der Waals surface area contributed by atoms with Crippen molar-refractivity contribution in [2.24, 2.45) is 0 Å². The number of thiophene rings is 1. The van der Waals surface area contributed by atoms with Crippen molar-refractivity contribution in [2.75, 3.05) is 11.9 Å². The van der Waals surface area contributed by atoms with Crippen molar-refractivity contribution in [1.82, 2.24) is 5.32 Å². The van der Waals surface area contributed by atoms with Crippen LogP contribution in [0, 0.1) is 0 Å². The van der Waals surface area contributed by atoms with Crippen LogP contribution >= 0.6 is 11.3 Å². The van der Waals surface area contributed by atoms with Gasteiger partial charge in [-0.05, 0) is 28.5 Å². The monoisotopic (exact) mass is 372 g/mol. The molecule has 0 aliphatic rings. The maximum atomic E-state index is 12.7. The lowest BCUT2D eigenvalue weighted by Crippen LogP contribution is -2.33. The van der Waals surface area contributed by atoms with Gasteiger partial charge in [0.05, 0.1) is 12.6 Å². The molecule has 134 valence electrons. The molecule has 4 aromatic rings. The third-order valence-corrected chi connectivity index (χ3v) is 5.43. The number of carbonyl (C=O) groups is 1. The van der Waals surface area contributed by atoms with Crippen molar-refractivity contribution in [3.8, 4) is 0 Å². The molecular weight excluding hydrogens is 352 g/mol. The lowest BCUT2D eigenvalue weighted by molar-refractivity contribution is -0.119. The molecule has 3 nitrogen and oxygen atoms in total. The summed E-state index contributed by atoms with van der Waals surface area (Å²) in [5.41, 5.74) is 2.05. The molecule has 0 spiro atoms. The first-order chi connectivity index (χ1) is 13.3. The van der Waals surface area contributed by atoms with Crippen LogP contribution in [0.25, 0.3) is 10.8 Å². The molecule has 4 heteroatoms. The number of fused-ring (bicyclic) bond motifs is 1. The van der Waals surface area contributed by atoms with Gasteiger partial charge in [0.1, 0.15) is 0 Å². The molecule has 1 heterocycles. The van der Waals surface area contributed by atoms with Crippen LogP contribution in [0.15, 0.2) is 90.3 Å². The Labute approximate surface area is 162 Å². The van der Waals surface area contributed by atoms with E-state index in [0.717, 1.165) is 26.9 Å². The molecule has 0 fully saturated rings. The van der Waals surface area contributed by atoms with Crippen LogP contribution in [0.3, 0.4) is 0 Å². The number of amides is 1. The lowest BCUT2D eigenvalue weighted by Gasteiger charge is -2.19. The SMILES string of the molecule is O=C(CNc1cccc2ccccc12)NC(c1ccccc1)c1cccs1. The van der Waals surface area contributed by atoms with Gasteiger partial charge in [0, 0.05) is 16.0 Å². The number of nitrogens with one attached hydrogen (secondary N) is 2. The van der Waals surface area contributed by atoms with Gasteiger partial charge in [0.25, 0.3) is 0 Å². The Morgan fingerprint density at radius 1 is 0.852 bits per heavy atom. The van der Waals surface area contributed by atoms with Crippen LogP contribution in [-0.4, -0.2) is 12.5 Å². The van der Waals surface area contributed by atoms with E-state index in [4.69, 9.17) is 0 Å². The second kappa shape index (κ2) is 8.06. The minimum Gasteiger partial charge on any atom is -0.376 e. The van der Waals surface area contributed by atoms with Crippen molar-refractivity contribution in [2.45, 2.75) is 6.04 Å². The summed E-state index contributed by atoms with van der Waals surface area (Å²) in [4.78, 5) is 13.8. The largest absolute Gasteiger partial charge is 0.376 e. The second-order valence-electron chi connectivity index (χ2n) is 6.31. The zero-order valence-corrected chi connectivity index (χ0v) is 15.6. The van der Waals surface area contributed by atoms with Crippen molar-refractivity contribution in [3.05, 3.63) is 101 Å². The molecule has 27 heavy (non-hydrogen) atoms. The van der Waals surface area contributed by atoms with Crippen LogP contribution < -0.4 is 10.6 Å². The predicted octanol–water partition coefficient (Wildman–Crippen LogP) is 5.22. The van der Waals surface area contributed by atoms with Gasteiger partial charge in [-0.1, -0.05) is 72.8 Å². The fraction of sp³-hybridized carbons (Fsp3) is 0.0870. The van der Waals surface area contributed by atoms with E-state index in [1.165, 1.54) is 0 Å². The number of benzene rings is 3. The predicted molar refractivity (Wildman–Crippen MR) is 113 cm³/mol. The van der Waals surface area contributed by atoms with E-state index in [1.807, 2.05) is 66.0 Å². The Bertz CT molecular complexity index is 1020. The second-order valence-corrected chi connectivity index (χ2v) is 7.29. The number of hydrogen-bond donors (Lipinski definition) is 2. The molecule has 0 radical (unpaired) electrons. The Morgan fingerprint density at radius 3 is 2.44 bits per heavy atom.